The van der Waals surface area contributed by atoms with Gasteiger partial charge in [-0.1, -0.05) is 53.8 Å². The minimum atomic E-state index is -1.07. The first kappa shape index (κ1) is 20.4. The van der Waals surface area contributed by atoms with Gasteiger partial charge in [-0.2, -0.15) is 0 Å². The smallest absolute Gasteiger partial charge is 0.335 e. The number of nitrogens with zero attached hydrogens (tertiary/aromatic N) is 1. The van der Waals surface area contributed by atoms with Crippen molar-refractivity contribution < 1.29 is 19.1 Å². The number of carbonyl (C=O) groups is 2. The van der Waals surface area contributed by atoms with Gasteiger partial charge in [0.1, 0.15) is 11.5 Å². The number of carbonyl (C=O) groups excluding carboxylic acids is 1. The van der Waals surface area contributed by atoms with Gasteiger partial charge in [0.2, 0.25) is 0 Å². The number of carboxylic acids is 1. The first-order valence-corrected chi connectivity index (χ1v) is 10.4. The van der Waals surface area contributed by atoms with E-state index < -0.39 is 5.97 Å². The second kappa shape index (κ2) is 8.10. The quantitative estimate of drug-likeness (QED) is 0.383. The van der Waals surface area contributed by atoms with E-state index in [1.165, 1.54) is 17.0 Å². The SMILES string of the molecule is Cc1ccc(C(=O)O)cc1N1C(=O)C(=Cc2ccc(-c3ccccc3Cl)o2)SC1=S. The van der Waals surface area contributed by atoms with Gasteiger partial charge >= 0.3 is 5.97 Å². The molecular formula is C22H14ClNO4S2. The fraction of sp³-hybridized carbons (Fsp3) is 0.0455. The van der Waals surface area contributed by atoms with Crippen molar-refractivity contribution >= 4 is 63.5 Å². The first-order chi connectivity index (χ1) is 14.3. The van der Waals surface area contributed by atoms with Gasteiger partial charge in [0, 0.05) is 11.6 Å². The van der Waals surface area contributed by atoms with E-state index in [2.05, 4.69) is 0 Å². The van der Waals surface area contributed by atoms with Crippen molar-refractivity contribution in [1.82, 2.24) is 0 Å². The Bertz CT molecular complexity index is 1230. The summed E-state index contributed by atoms with van der Waals surface area (Å²) >= 11 is 12.7. The Kier molecular flexibility index (Phi) is 5.51. The topological polar surface area (TPSA) is 70.8 Å². The number of halogens is 1. The lowest BCUT2D eigenvalue weighted by molar-refractivity contribution is -0.113. The molecule has 2 heterocycles. The molecule has 4 rings (SSSR count). The van der Waals surface area contributed by atoms with E-state index in [1.807, 2.05) is 18.2 Å². The van der Waals surface area contributed by atoms with Gasteiger partial charge in [-0.3, -0.25) is 9.69 Å². The average molecular weight is 456 g/mol. The molecule has 1 N–H and O–H groups in total. The van der Waals surface area contributed by atoms with Crippen molar-refractivity contribution in [2.24, 2.45) is 0 Å². The van der Waals surface area contributed by atoms with Gasteiger partial charge in [-0.15, -0.1) is 0 Å². The minimum Gasteiger partial charge on any atom is -0.478 e. The van der Waals surface area contributed by atoms with Gasteiger partial charge in [-0.25, -0.2) is 4.79 Å². The van der Waals surface area contributed by atoms with Crippen LogP contribution in [-0.2, 0) is 4.79 Å². The van der Waals surface area contributed by atoms with Crippen LogP contribution in [-0.4, -0.2) is 21.3 Å². The maximum atomic E-state index is 13.0. The van der Waals surface area contributed by atoms with Crippen molar-refractivity contribution in [3.63, 3.8) is 0 Å². The van der Waals surface area contributed by atoms with Crippen LogP contribution in [0.2, 0.25) is 5.02 Å². The molecule has 0 bridgehead atoms. The lowest BCUT2D eigenvalue weighted by Gasteiger charge is -2.17. The van der Waals surface area contributed by atoms with Crippen LogP contribution in [0.3, 0.4) is 0 Å². The summed E-state index contributed by atoms with van der Waals surface area (Å²) < 4.78 is 6.17. The molecule has 0 saturated carbocycles. The number of aryl methyl sites for hydroxylation is 1. The number of aromatic carboxylic acids is 1. The number of rotatable bonds is 4. The summed E-state index contributed by atoms with van der Waals surface area (Å²) in [5.74, 6) is -0.319. The Morgan fingerprint density at radius 2 is 1.97 bits per heavy atom. The van der Waals surface area contributed by atoms with Crippen molar-refractivity contribution in [1.29, 1.82) is 0 Å². The van der Waals surface area contributed by atoms with Crippen molar-refractivity contribution in [2.45, 2.75) is 6.92 Å². The van der Waals surface area contributed by atoms with E-state index in [0.717, 1.165) is 22.9 Å². The summed E-state index contributed by atoms with van der Waals surface area (Å²) in [5.41, 5.74) is 2.05. The molecule has 0 atom stereocenters. The Morgan fingerprint density at radius 3 is 2.70 bits per heavy atom. The third-order valence-electron chi connectivity index (χ3n) is 4.53. The van der Waals surface area contributed by atoms with E-state index in [1.54, 1.807) is 37.3 Å². The molecule has 0 radical (unpaired) electrons. The van der Waals surface area contributed by atoms with Crippen LogP contribution in [0.1, 0.15) is 21.7 Å². The summed E-state index contributed by atoms with van der Waals surface area (Å²) in [6.07, 6.45) is 1.62. The second-order valence-corrected chi connectivity index (χ2v) is 8.59. The Labute approximate surface area is 186 Å². The standard InChI is InChI=1S/C22H14ClNO4S2/c1-12-6-7-13(21(26)27)10-17(12)24-20(25)19(30-22(24)29)11-14-8-9-18(28-14)15-4-2-3-5-16(15)23/h2-11H,1H3,(H,26,27). The van der Waals surface area contributed by atoms with Crippen molar-refractivity contribution in [2.75, 3.05) is 4.90 Å². The zero-order valence-corrected chi connectivity index (χ0v) is 18.0. The summed E-state index contributed by atoms with van der Waals surface area (Å²) in [4.78, 5) is 26.1. The molecule has 150 valence electrons. The van der Waals surface area contributed by atoms with Crippen LogP contribution in [0.4, 0.5) is 5.69 Å². The summed E-state index contributed by atoms with van der Waals surface area (Å²) in [7, 11) is 0. The van der Waals surface area contributed by atoms with Crippen LogP contribution in [0.5, 0.6) is 0 Å². The summed E-state index contributed by atoms with van der Waals surface area (Å²) in [5, 5.41) is 9.83. The van der Waals surface area contributed by atoms with Crippen molar-refractivity contribution in [3.8, 4) is 11.3 Å². The zero-order chi connectivity index (χ0) is 21.4. The molecule has 1 aliphatic heterocycles. The fourth-order valence-corrected chi connectivity index (χ4v) is 4.52. The normalized spacial score (nSPS) is 15.3. The molecule has 0 unspecified atom stereocenters. The lowest BCUT2D eigenvalue weighted by Crippen LogP contribution is -2.28. The number of hydrogen-bond donors (Lipinski definition) is 1. The Balaban J connectivity index is 1.66. The summed E-state index contributed by atoms with van der Waals surface area (Å²) in [6.45, 7) is 1.80. The van der Waals surface area contributed by atoms with Crippen LogP contribution in [0, 0.1) is 6.92 Å². The predicted molar refractivity (Wildman–Crippen MR) is 123 cm³/mol. The maximum Gasteiger partial charge on any atom is 0.335 e. The number of furan rings is 1. The monoisotopic (exact) mass is 455 g/mol. The number of hydrogen-bond acceptors (Lipinski definition) is 5. The number of anilines is 1. The highest BCUT2D eigenvalue weighted by Crippen LogP contribution is 2.38. The van der Waals surface area contributed by atoms with E-state index in [4.69, 9.17) is 28.2 Å². The van der Waals surface area contributed by atoms with Gasteiger partial charge in [0.05, 0.1) is 21.2 Å². The van der Waals surface area contributed by atoms with Crippen molar-refractivity contribution in [3.05, 3.63) is 81.4 Å². The third-order valence-corrected chi connectivity index (χ3v) is 6.16. The molecule has 30 heavy (non-hydrogen) atoms. The molecule has 3 aromatic rings. The molecule has 1 amide bonds. The maximum absolute atomic E-state index is 13.0. The van der Waals surface area contributed by atoms with Gasteiger partial charge in [-0.05, 0) is 48.9 Å². The largest absolute Gasteiger partial charge is 0.478 e. The van der Waals surface area contributed by atoms with E-state index in [-0.39, 0.29) is 11.5 Å². The highest BCUT2D eigenvalue weighted by Gasteiger charge is 2.34. The molecule has 2 aromatic carbocycles. The lowest BCUT2D eigenvalue weighted by atomic mass is 10.1. The molecule has 1 aromatic heterocycles. The minimum absolute atomic E-state index is 0.0871. The first-order valence-electron chi connectivity index (χ1n) is 8.82. The Morgan fingerprint density at radius 1 is 1.20 bits per heavy atom. The molecule has 1 fully saturated rings. The number of amides is 1. The van der Waals surface area contributed by atoms with Crippen LogP contribution in [0.25, 0.3) is 17.4 Å². The number of thiocarbonyl (C=S) groups is 1. The molecule has 0 aliphatic carbocycles. The highest BCUT2D eigenvalue weighted by atomic mass is 35.5. The molecule has 1 aliphatic rings. The van der Waals surface area contributed by atoms with Gasteiger partial charge in [0.15, 0.2) is 4.32 Å². The Hall–Kier alpha value is -2.87. The molecule has 1 saturated heterocycles. The molecular weight excluding hydrogens is 442 g/mol. The number of carboxylic acid groups (broad SMARTS) is 1. The van der Waals surface area contributed by atoms with Crippen LogP contribution >= 0.6 is 35.6 Å². The zero-order valence-electron chi connectivity index (χ0n) is 15.6. The fourth-order valence-electron chi connectivity index (χ4n) is 3.02. The molecule has 5 nitrogen and oxygen atoms in total. The predicted octanol–water partition coefficient (Wildman–Crippen LogP) is 6.01. The number of benzene rings is 2. The van der Waals surface area contributed by atoms with E-state index >= 15 is 0 Å². The van der Waals surface area contributed by atoms with Crippen LogP contribution in [0.15, 0.2) is 63.9 Å². The molecule has 0 spiro atoms. The number of thioether (sulfide) groups is 1. The van der Waals surface area contributed by atoms with Crippen LogP contribution < -0.4 is 4.90 Å². The van der Waals surface area contributed by atoms with E-state index in [0.29, 0.717) is 31.5 Å². The van der Waals surface area contributed by atoms with Gasteiger partial charge in [0.25, 0.3) is 5.91 Å². The molecule has 8 heteroatoms. The highest BCUT2D eigenvalue weighted by molar-refractivity contribution is 8.27. The summed E-state index contributed by atoms with van der Waals surface area (Å²) in [6, 6.07) is 15.5. The second-order valence-electron chi connectivity index (χ2n) is 6.51. The van der Waals surface area contributed by atoms with Gasteiger partial charge < -0.3 is 9.52 Å². The van der Waals surface area contributed by atoms with E-state index in [9.17, 15) is 14.7 Å². The third kappa shape index (κ3) is 3.79. The average Bonchev–Trinajstić information content (AvgIpc) is 3.27.